The highest BCUT2D eigenvalue weighted by molar-refractivity contribution is 6.42. The van der Waals surface area contributed by atoms with E-state index in [1.165, 1.54) is 0 Å². The molecule has 8 heteroatoms. The van der Waals surface area contributed by atoms with Crippen LogP contribution in [0.15, 0.2) is 60.8 Å². The molecule has 0 N–H and O–H groups in total. The first kappa shape index (κ1) is 28.6. The SMILES string of the molecule is CCCN(CC(=O)N(Cc1cccn1Cc1cccc(OC)c1)C(C)CC)C(=O)c1ccc(Cl)c(Cl)c1. The third-order valence-corrected chi connectivity index (χ3v) is 7.20. The number of carbonyl (C=O) groups is 2. The molecule has 0 saturated heterocycles. The van der Waals surface area contributed by atoms with Gasteiger partial charge in [-0.3, -0.25) is 9.59 Å². The smallest absolute Gasteiger partial charge is 0.254 e. The molecule has 3 rings (SSSR count). The van der Waals surface area contributed by atoms with E-state index in [-0.39, 0.29) is 24.4 Å². The summed E-state index contributed by atoms with van der Waals surface area (Å²) in [6.45, 7) is 7.66. The van der Waals surface area contributed by atoms with Gasteiger partial charge in [0.25, 0.3) is 5.91 Å². The van der Waals surface area contributed by atoms with E-state index >= 15 is 0 Å². The van der Waals surface area contributed by atoms with E-state index in [4.69, 9.17) is 27.9 Å². The number of rotatable bonds is 12. The zero-order chi connectivity index (χ0) is 26.9. The third-order valence-electron chi connectivity index (χ3n) is 6.46. The van der Waals surface area contributed by atoms with Crippen molar-refractivity contribution in [3.8, 4) is 5.75 Å². The number of carbonyl (C=O) groups excluding carboxylic acids is 2. The number of methoxy groups -OCH3 is 1. The van der Waals surface area contributed by atoms with Crippen LogP contribution in [0, 0.1) is 0 Å². The van der Waals surface area contributed by atoms with Crippen molar-refractivity contribution in [1.82, 2.24) is 14.4 Å². The van der Waals surface area contributed by atoms with Gasteiger partial charge < -0.3 is 19.1 Å². The van der Waals surface area contributed by atoms with Crippen LogP contribution in [-0.2, 0) is 17.9 Å². The fourth-order valence-electron chi connectivity index (χ4n) is 4.19. The van der Waals surface area contributed by atoms with Crippen molar-refractivity contribution in [2.45, 2.75) is 52.7 Å². The highest BCUT2D eigenvalue weighted by Crippen LogP contribution is 2.24. The Morgan fingerprint density at radius 1 is 1.03 bits per heavy atom. The van der Waals surface area contributed by atoms with Gasteiger partial charge in [-0.15, -0.1) is 0 Å². The summed E-state index contributed by atoms with van der Waals surface area (Å²) in [5.74, 6) is 0.481. The van der Waals surface area contributed by atoms with Crippen LogP contribution in [0.4, 0.5) is 0 Å². The van der Waals surface area contributed by atoms with E-state index < -0.39 is 0 Å². The Labute approximate surface area is 229 Å². The number of halogens is 2. The molecule has 0 aliphatic rings. The van der Waals surface area contributed by atoms with Crippen LogP contribution in [0.1, 0.15) is 55.2 Å². The lowest BCUT2D eigenvalue weighted by Gasteiger charge is -2.32. The van der Waals surface area contributed by atoms with Gasteiger partial charge in [-0.2, -0.15) is 0 Å². The molecule has 0 fully saturated rings. The van der Waals surface area contributed by atoms with Gasteiger partial charge in [0.15, 0.2) is 0 Å². The molecule has 1 unspecified atom stereocenters. The van der Waals surface area contributed by atoms with Gasteiger partial charge in [0.2, 0.25) is 5.91 Å². The molecule has 0 saturated carbocycles. The van der Waals surface area contributed by atoms with Crippen LogP contribution in [0.2, 0.25) is 10.0 Å². The van der Waals surface area contributed by atoms with Crippen molar-refractivity contribution in [3.63, 3.8) is 0 Å². The number of nitrogens with zero attached hydrogens (tertiary/aromatic N) is 3. The van der Waals surface area contributed by atoms with Gasteiger partial charge >= 0.3 is 0 Å². The molecular weight excluding hydrogens is 509 g/mol. The number of hydrogen-bond donors (Lipinski definition) is 0. The fraction of sp³-hybridized carbons (Fsp3) is 0.379. The maximum atomic E-state index is 13.6. The Morgan fingerprint density at radius 2 is 1.81 bits per heavy atom. The Bertz CT molecular complexity index is 1210. The zero-order valence-electron chi connectivity index (χ0n) is 21.9. The van der Waals surface area contributed by atoms with Gasteiger partial charge in [-0.05, 0) is 67.8 Å². The van der Waals surface area contributed by atoms with Gasteiger partial charge in [0.05, 0.1) is 23.7 Å². The van der Waals surface area contributed by atoms with Crippen LogP contribution >= 0.6 is 23.2 Å². The molecule has 0 aliphatic carbocycles. The van der Waals surface area contributed by atoms with E-state index in [0.717, 1.165) is 29.8 Å². The monoisotopic (exact) mass is 543 g/mol. The van der Waals surface area contributed by atoms with Crippen LogP contribution < -0.4 is 4.74 Å². The molecule has 37 heavy (non-hydrogen) atoms. The lowest BCUT2D eigenvalue weighted by molar-refractivity contribution is -0.134. The minimum Gasteiger partial charge on any atom is -0.497 e. The Balaban J connectivity index is 1.79. The summed E-state index contributed by atoms with van der Waals surface area (Å²) in [5.41, 5.74) is 2.55. The summed E-state index contributed by atoms with van der Waals surface area (Å²) >= 11 is 12.2. The highest BCUT2D eigenvalue weighted by Gasteiger charge is 2.25. The van der Waals surface area contributed by atoms with Crippen molar-refractivity contribution < 1.29 is 14.3 Å². The lowest BCUT2D eigenvalue weighted by atomic mass is 10.1. The summed E-state index contributed by atoms with van der Waals surface area (Å²) in [5, 5.41) is 0.699. The summed E-state index contributed by atoms with van der Waals surface area (Å²) in [6.07, 6.45) is 3.55. The number of amides is 2. The van der Waals surface area contributed by atoms with E-state index in [9.17, 15) is 9.59 Å². The second-order valence-electron chi connectivity index (χ2n) is 9.11. The zero-order valence-corrected chi connectivity index (χ0v) is 23.4. The van der Waals surface area contributed by atoms with Crippen molar-refractivity contribution in [2.24, 2.45) is 0 Å². The van der Waals surface area contributed by atoms with E-state index in [1.54, 1.807) is 30.2 Å². The van der Waals surface area contributed by atoms with Crippen molar-refractivity contribution in [2.75, 3.05) is 20.2 Å². The first-order valence-corrected chi connectivity index (χ1v) is 13.3. The quantitative estimate of drug-likeness (QED) is 0.261. The molecule has 3 aromatic rings. The third kappa shape index (κ3) is 7.53. The van der Waals surface area contributed by atoms with Crippen LogP contribution in [0.5, 0.6) is 5.75 Å². The van der Waals surface area contributed by atoms with Gasteiger partial charge in [0, 0.05) is 36.6 Å². The molecule has 0 spiro atoms. The molecule has 198 valence electrons. The largest absolute Gasteiger partial charge is 0.497 e. The van der Waals surface area contributed by atoms with Gasteiger partial charge in [0.1, 0.15) is 12.3 Å². The molecule has 2 amide bonds. The molecule has 0 bridgehead atoms. The molecule has 1 heterocycles. The minimum absolute atomic E-state index is 0.00610. The van der Waals surface area contributed by atoms with Gasteiger partial charge in [-0.25, -0.2) is 0 Å². The average Bonchev–Trinajstić information content (AvgIpc) is 3.34. The second-order valence-corrected chi connectivity index (χ2v) is 9.93. The summed E-state index contributed by atoms with van der Waals surface area (Å²) < 4.78 is 7.50. The number of benzene rings is 2. The number of hydrogen-bond acceptors (Lipinski definition) is 3. The topological polar surface area (TPSA) is 54.8 Å². The molecule has 1 aromatic heterocycles. The van der Waals surface area contributed by atoms with E-state index in [2.05, 4.69) is 17.6 Å². The molecule has 0 aliphatic heterocycles. The van der Waals surface area contributed by atoms with Crippen molar-refractivity contribution in [1.29, 1.82) is 0 Å². The fourth-order valence-corrected chi connectivity index (χ4v) is 4.49. The van der Waals surface area contributed by atoms with Crippen LogP contribution in [0.3, 0.4) is 0 Å². The Hall–Kier alpha value is -2.96. The van der Waals surface area contributed by atoms with Crippen LogP contribution in [0.25, 0.3) is 0 Å². The van der Waals surface area contributed by atoms with E-state index in [1.807, 2.05) is 55.3 Å². The highest BCUT2D eigenvalue weighted by atomic mass is 35.5. The van der Waals surface area contributed by atoms with E-state index in [0.29, 0.717) is 35.2 Å². The summed E-state index contributed by atoms with van der Waals surface area (Å²) in [7, 11) is 1.66. The predicted molar refractivity (Wildman–Crippen MR) is 149 cm³/mol. The van der Waals surface area contributed by atoms with Gasteiger partial charge in [-0.1, -0.05) is 49.2 Å². The summed E-state index contributed by atoms with van der Waals surface area (Å²) in [6, 6.07) is 16.8. The molecule has 2 aromatic carbocycles. The molecular formula is C29H35Cl2N3O3. The number of aromatic nitrogens is 1. The number of ether oxygens (including phenoxy) is 1. The first-order chi connectivity index (χ1) is 17.8. The van der Waals surface area contributed by atoms with Crippen molar-refractivity contribution >= 4 is 35.0 Å². The Kier molecular flexibility index (Phi) is 10.5. The second kappa shape index (κ2) is 13.5. The average molecular weight is 545 g/mol. The molecule has 1 atom stereocenters. The summed E-state index contributed by atoms with van der Waals surface area (Å²) in [4.78, 5) is 30.3. The standard InChI is InChI=1S/C29H35Cl2N3O3/c1-5-14-33(29(36)23-12-13-26(30)27(31)17-23)20-28(35)34(21(3)6-2)19-24-10-8-15-32(24)18-22-9-7-11-25(16-22)37-4/h7-13,15-17,21H,5-6,14,18-20H2,1-4H3. The maximum absolute atomic E-state index is 13.6. The lowest BCUT2D eigenvalue weighted by Crippen LogP contribution is -2.46. The molecule has 6 nitrogen and oxygen atoms in total. The molecule has 0 radical (unpaired) electrons. The Morgan fingerprint density at radius 3 is 2.49 bits per heavy atom. The predicted octanol–water partition coefficient (Wildman–Crippen LogP) is 6.53. The minimum atomic E-state index is -0.237. The van der Waals surface area contributed by atoms with Crippen LogP contribution in [-0.4, -0.2) is 52.4 Å². The first-order valence-electron chi connectivity index (χ1n) is 12.6. The normalized spacial score (nSPS) is 11.7. The maximum Gasteiger partial charge on any atom is 0.254 e. The van der Waals surface area contributed by atoms with Crippen molar-refractivity contribution in [3.05, 3.63) is 87.7 Å².